The largest absolute Gasteiger partial charge is 0.496 e. The van der Waals surface area contributed by atoms with Crippen LogP contribution in [0.25, 0.3) is 0 Å². The molecule has 3 rings (SSSR count). The Hall–Kier alpha value is -3.23. The van der Waals surface area contributed by atoms with E-state index in [4.69, 9.17) is 4.74 Å². The van der Waals surface area contributed by atoms with Crippen LogP contribution in [0.1, 0.15) is 22.7 Å². The highest BCUT2D eigenvalue weighted by Crippen LogP contribution is 2.32. The number of methoxy groups -OCH3 is 1. The first kappa shape index (κ1) is 20.5. The van der Waals surface area contributed by atoms with Gasteiger partial charge in [-0.3, -0.25) is 10.1 Å². The third-order valence-corrected chi connectivity index (χ3v) is 5.93. The van der Waals surface area contributed by atoms with E-state index in [1.54, 1.807) is 36.4 Å². The van der Waals surface area contributed by atoms with Crippen molar-refractivity contribution in [2.45, 2.75) is 17.9 Å². The van der Waals surface area contributed by atoms with Gasteiger partial charge in [0.2, 0.25) is 10.0 Å². The van der Waals surface area contributed by atoms with Crippen molar-refractivity contribution in [2.75, 3.05) is 7.11 Å². The molecule has 0 amide bonds. The van der Waals surface area contributed by atoms with Gasteiger partial charge in [-0.2, -0.15) is 4.72 Å². The van der Waals surface area contributed by atoms with Crippen LogP contribution in [0.3, 0.4) is 0 Å². The lowest BCUT2D eigenvalue weighted by Crippen LogP contribution is -2.29. The number of nitrogens with zero attached hydrogens (tertiary/aromatic N) is 1. The summed E-state index contributed by atoms with van der Waals surface area (Å²) in [5.74, 6) is 0.502. The van der Waals surface area contributed by atoms with Crippen molar-refractivity contribution in [3.8, 4) is 5.75 Å². The molecule has 3 aromatic carbocycles. The summed E-state index contributed by atoms with van der Waals surface area (Å²) in [4.78, 5) is 10.6. The third kappa shape index (κ3) is 4.61. The minimum absolute atomic E-state index is 0.0751. The molecule has 8 heteroatoms. The van der Waals surface area contributed by atoms with Gasteiger partial charge in [-0.1, -0.05) is 48.0 Å². The number of para-hydroxylation sites is 1. The van der Waals surface area contributed by atoms with E-state index in [0.717, 1.165) is 5.56 Å². The summed E-state index contributed by atoms with van der Waals surface area (Å²) >= 11 is 0. The Morgan fingerprint density at radius 1 is 0.966 bits per heavy atom. The Morgan fingerprint density at radius 2 is 1.59 bits per heavy atom. The van der Waals surface area contributed by atoms with E-state index >= 15 is 0 Å². The van der Waals surface area contributed by atoms with E-state index in [-0.39, 0.29) is 10.6 Å². The predicted molar refractivity (Wildman–Crippen MR) is 109 cm³/mol. The molecule has 29 heavy (non-hydrogen) atoms. The summed E-state index contributed by atoms with van der Waals surface area (Å²) in [6, 6.07) is 18.5. The number of hydrogen-bond acceptors (Lipinski definition) is 5. The molecule has 0 fully saturated rings. The zero-order valence-electron chi connectivity index (χ0n) is 15.9. The Bertz CT molecular complexity index is 1110. The van der Waals surface area contributed by atoms with Crippen LogP contribution in [0, 0.1) is 17.0 Å². The van der Waals surface area contributed by atoms with Crippen molar-refractivity contribution < 1.29 is 18.1 Å². The minimum atomic E-state index is -3.86. The SMILES string of the molecule is COc1ccccc1C(NS(=O)(=O)c1ccc(C)cc1)c1ccc([N+](=O)[O-])cc1. The van der Waals surface area contributed by atoms with E-state index in [1.807, 2.05) is 6.92 Å². The maximum Gasteiger partial charge on any atom is 0.269 e. The van der Waals surface area contributed by atoms with Crippen molar-refractivity contribution in [2.24, 2.45) is 0 Å². The summed E-state index contributed by atoms with van der Waals surface area (Å²) in [6.07, 6.45) is 0. The molecular weight excluding hydrogens is 392 g/mol. The zero-order valence-corrected chi connectivity index (χ0v) is 16.7. The second-order valence-corrected chi connectivity index (χ2v) is 8.17. The third-order valence-electron chi connectivity index (χ3n) is 4.49. The van der Waals surface area contributed by atoms with Crippen molar-refractivity contribution in [1.82, 2.24) is 4.72 Å². The molecule has 1 N–H and O–H groups in total. The monoisotopic (exact) mass is 412 g/mol. The van der Waals surface area contributed by atoms with Gasteiger partial charge in [-0.25, -0.2) is 8.42 Å². The van der Waals surface area contributed by atoms with Gasteiger partial charge in [0.25, 0.3) is 5.69 Å². The van der Waals surface area contributed by atoms with E-state index in [1.165, 1.54) is 43.5 Å². The average Bonchev–Trinajstić information content (AvgIpc) is 2.72. The van der Waals surface area contributed by atoms with Gasteiger partial charge in [0.1, 0.15) is 5.75 Å². The molecule has 7 nitrogen and oxygen atoms in total. The number of nitro groups is 1. The minimum Gasteiger partial charge on any atom is -0.496 e. The number of sulfonamides is 1. The second kappa shape index (κ2) is 8.42. The van der Waals surface area contributed by atoms with Gasteiger partial charge < -0.3 is 4.74 Å². The lowest BCUT2D eigenvalue weighted by Gasteiger charge is -2.22. The predicted octanol–water partition coefficient (Wildman–Crippen LogP) is 3.98. The number of hydrogen-bond donors (Lipinski definition) is 1. The number of ether oxygens (including phenoxy) is 1. The summed E-state index contributed by atoms with van der Waals surface area (Å²) < 4.78 is 34.1. The van der Waals surface area contributed by atoms with Crippen LogP contribution in [0.2, 0.25) is 0 Å². The van der Waals surface area contributed by atoms with Crippen LogP contribution >= 0.6 is 0 Å². The number of aryl methyl sites for hydroxylation is 1. The lowest BCUT2D eigenvalue weighted by molar-refractivity contribution is -0.384. The van der Waals surface area contributed by atoms with Crippen LogP contribution < -0.4 is 9.46 Å². The molecular formula is C21H20N2O5S. The molecule has 150 valence electrons. The van der Waals surface area contributed by atoms with Gasteiger partial charge in [0.15, 0.2) is 0 Å². The zero-order chi connectivity index (χ0) is 21.0. The Morgan fingerprint density at radius 3 is 2.17 bits per heavy atom. The summed E-state index contributed by atoms with van der Waals surface area (Å²) in [5, 5.41) is 11.0. The fourth-order valence-electron chi connectivity index (χ4n) is 2.95. The highest BCUT2D eigenvalue weighted by atomic mass is 32.2. The maximum atomic E-state index is 13.0. The molecule has 0 saturated carbocycles. The van der Waals surface area contributed by atoms with Crippen molar-refractivity contribution in [1.29, 1.82) is 0 Å². The van der Waals surface area contributed by atoms with Gasteiger partial charge in [-0.15, -0.1) is 0 Å². The second-order valence-electron chi connectivity index (χ2n) is 6.46. The Labute approximate surface area is 169 Å². The normalized spacial score (nSPS) is 12.3. The highest BCUT2D eigenvalue weighted by molar-refractivity contribution is 7.89. The molecule has 0 saturated heterocycles. The van der Waals surface area contributed by atoms with Crippen LogP contribution in [0.4, 0.5) is 5.69 Å². The number of rotatable bonds is 7. The molecule has 0 aliphatic carbocycles. The quantitative estimate of drug-likeness (QED) is 0.467. The number of benzene rings is 3. The topological polar surface area (TPSA) is 98.5 Å². The average molecular weight is 412 g/mol. The molecule has 0 heterocycles. The maximum absolute atomic E-state index is 13.0. The van der Waals surface area contributed by atoms with Gasteiger partial charge >= 0.3 is 0 Å². The van der Waals surface area contributed by atoms with Gasteiger partial charge in [0, 0.05) is 17.7 Å². The first-order valence-corrected chi connectivity index (χ1v) is 10.3. The molecule has 0 spiro atoms. The first-order valence-electron chi connectivity index (χ1n) is 8.78. The first-order chi connectivity index (χ1) is 13.8. The van der Waals surface area contributed by atoms with Crippen LogP contribution in [-0.4, -0.2) is 20.5 Å². The molecule has 0 aliphatic rings. The van der Waals surface area contributed by atoms with E-state index < -0.39 is 21.0 Å². The molecule has 0 radical (unpaired) electrons. The van der Waals surface area contributed by atoms with E-state index in [9.17, 15) is 18.5 Å². The summed E-state index contributed by atoms with van der Waals surface area (Å²) in [5.41, 5.74) is 2.02. The molecule has 1 unspecified atom stereocenters. The lowest BCUT2D eigenvalue weighted by atomic mass is 9.98. The standard InChI is InChI=1S/C21H20N2O5S/c1-15-7-13-18(14-8-15)29(26,27)22-21(19-5-3-4-6-20(19)28-2)16-9-11-17(12-10-16)23(24)25/h3-14,21-22H,1-2H3. The summed E-state index contributed by atoms with van der Waals surface area (Å²) in [6.45, 7) is 1.87. The van der Waals surface area contributed by atoms with Crippen molar-refractivity contribution >= 4 is 15.7 Å². The molecule has 0 aliphatic heterocycles. The van der Waals surface area contributed by atoms with Crippen LogP contribution in [0.15, 0.2) is 77.7 Å². The fourth-order valence-corrected chi connectivity index (χ4v) is 4.15. The number of nitrogens with one attached hydrogen (secondary N) is 1. The number of nitro benzene ring substituents is 1. The Kier molecular flexibility index (Phi) is 5.95. The molecule has 0 bridgehead atoms. The van der Waals surface area contributed by atoms with Crippen LogP contribution in [-0.2, 0) is 10.0 Å². The van der Waals surface area contributed by atoms with Gasteiger partial charge in [-0.05, 0) is 30.7 Å². The smallest absolute Gasteiger partial charge is 0.269 e. The molecule has 0 aromatic heterocycles. The Balaban J connectivity index is 2.07. The van der Waals surface area contributed by atoms with E-state index in [2.05, 4.69) is 4.72 Å². The highest BCUT2D eigenvalue weighted by Gasteiger charge is 2.25. The molecule has 1 atom stereocenters. The number of non-ortho nitro benzene ring substituents is 1. The fraction of sp³-hybridized carbons (Fsp3) is 0.143. The summed E-state index contributed by atoms with van der Waals surface area (Å²) in [7, 11) is -2.36. The molecule has 3 aromatic rings. The van der Waals surface area contributed by atoms with Gasteiger partial charge in [0.05, 0.1) is 23.0 Å². The van der Waals surface area contributed by atoms with Crippen LogP contribution in [0.5, 0.6) is 5.75 Å². The van der Waals surface area contributed by atoms with Crippen molar-refractivity contribution in [3.63, 3.8) is 0 Å². The van der Waals surface area contributed by atoms with Crippen molar-refractivity contribution in [3.05, 3.63) is 99.6 Å². The van der Waals surface area contributed by atoms with E-state index in [0.29, 0.717) is 16.9 Å².